The van der Waals surface area contributed by atoms with Crippen LogP contribution < -0.4 is 14.8 Å². The maximum absolute atomic E-state index is 12.3. The first kappa shape index (κ1) is 19.8. The zero-order chi connectivity index (χ0) is 18.2. The molecule has 1 N–H and O–H groups in total. The zero-order valence-electron chi connectivity index (χ0n) is 14.6. The molecular formula is C18H25F2NO3S. The lowest BCUT2D eigenvalue weighted by atomic mass is 9.86. The number of carbonyl (C=O) groups is 1. The van der Waals surface area contributed by atoms with Crippen LogP contribution in [0, 0.1) is 5.92 Å². The molecule has 0 unspecified atom stereocenters. The van der Waals surface area contributed by atoms with Gasteiger partial charge in [-0.25, -0.2) is 0 Å². The smallest absolute Gasteiger partial charge is 0.387 e. The number of nitrogens with one attached hydrogen (secondary N) is 1. The average Bonchev–Trinajstić information content (AvgIpc) is 2.57. The summed E-state index contributed by atoms with van der Waals surface area (Å²) in [6.45, 7) is -0.702. The number of carbonyl (C=O) groups excluding carboxylic acids is 1. The minimum atomic E-state index is -2.89. The highest BCUT2D eigenvalue weighted by atomic mass is 32.2. The molecule has 2 atom stereocenters. The SMILES string of the molecule is COc1cc(CSCC(=O)N[C@H]2CCCC[C@@H]2C)ccc1OC(F)F. The Morgan fingerprint density at radius 2 is 2.08 bits per heavy atom. The number of hydrogen-bond acceptors (Lipinski definition) is 4. The van der Waals surface area contributed by atoms with Crippen molar-refractivity contribution in [2.75, 3.05) is 12.9 Å². The predicted octanol–water partition coefficient (Wildman–Crippen LogP) is 4.22. The van der Waals surface area contributed by atoms with Gasteiger partial charge in [-0.2, -0.15) is 8.78 Å². The third-order valence-electron chi connectivity index (χ3n) is 4.40. The van der Waals surface area contributed by atoms with Crippen LogP contribution in [0.1, 0.15) is 38.2 Å². The molecule has 1 saturated carbocycles. The molecule has 0 bridgehead atoms. The minimum absolute atomic E-state index is 0.00952. The average molecular weight is 373 g/mol. The van der Waals surface area contributed by atoms with E-state index >= 15 is 0 Å². The second-order valence-corrected chi connectivity index (χ2v) is 7.28. The number of rotatable bonds is 8. The van der Waals surface area contributed by atoms with E-state index in [2.05, 4.69) is 17.0 Å². The van der Waals surface area contributed by atoms with Crippen molar-refractivity contribution < 1.29 is 23.0 Å². The van der Waals surface area contributed by atoms with Crippen LogP contribution in [0.25, 0.3) is 0 Å². The number of hydrogen-bond donors (Lipinski definition) is 1. The Morgan fingerprint density at radius 3 is 2.76 bits per heavy atom. The first-order chi connectivity index (χ1) is 12.0. The van der Waals surface area contributed by atoms with Crippen molar-refractivity contribution in [3.8, 4) is 11.5 Å². The van der Waals surface area contributed by atoms with Crippen molar-refractivity contribution in [1.29, 1.82) is 0 Å². The van der Waals surface area contributed by atoms with Gasteiger partial charge in [0.1, 0.15) is 0 Å². The highest BCUT2D eigenvalue weighted by Gasteiger charge is 2.22. The van der Waals surface area contributed by atoms with E-state index in [1.807, 2.05) is 0 Å². The molecule has 0 radical (unpaired) electrons. The summed E-state index contributed by atoms with van der Waals surface area (Å²) in [7, 11) is 1.41. The van der Waals surface area contributed by atoms with Gasteiger partial charge in [-0.15, -0.1) is 11.8 Å². The first-order valence-corrected chi connectivity index (χ1v) is 9.64. The van der Waals surface area contributed by atoms with E-state index in [-0.39, 0.29) is 23.4 Å². The van der Waals surface area contributed by atoms with Crippen LogP contribution in [0.5, 0.6) is 11.5 Å². The molecule has 4 nitrogen and oxygen atoms in total. The van der Waals surface area contributed by atoms with Crippen molar-refractivity contribution in [3.05, 3.63) is 23.8 Å². The van der Waals surface area contributed by atoms with Crippen LogP contribution in [0.15, 0.2) is 18.2 Å². The number of halogens is 2. The minimum Gasteiger partial charge on any atom is -0.493 e. The Balaban J connectivity index is 1.79. The summed E-state index contributed by atoms with van der Waals surface area (Å²) < 4.78 is 34.1. The molecule has 1 aliphatic rings. The molecule has 0 saturated heterocycles. The summed E-state index contributed by atoms with van der Waals surface area (Å²) in [6, 6.07) is 5.11. The predicted molar refractivity (Wildman–Crippen MR) is 95.4 cm³/mol. The number of benzene rings is 1. The van der Waals surface area contributed by atoms with Crippen LogP contribution in [0.3, 0.4) is 0 Å². The highest BCUT2D eigenvalue weighted by molar-refractivity contribution is 7.99. The van der Waals surface area contributed by atoms with Gasteiger partial charge in [0.25, 0.3) is 0 Å². The highest BCUT2D eigenvalue weighted by Crippen LogP contribution is 2.30. The van der Waals surface area contributed by atoms with E-state index in [4.69, 9.17) is 4.74 Å². The number of thioether (sulfide) groups is 1. The van der Waals surface area contributed by atoms with Crippen molar-refractivity contribution in [2.45, 2.75) is 51.0 Å². The van der Waals surface area contributed by atoms with Crippen molar-refractivity contribution >= 4 is 17.7 Å². The van der Waals surface area contributed by atoms with Gasteiger partial charge in [-0.05, 0) is 36.5 Å². The van der Waals surface area contributed by atoms with Crippen molar-refractivity contribution in [3.63, 3.8) is 0 Å². The van der Waals surface area contributed by atoms with Crippen LogP contribution in [0.2, 0.25) is 0 Å². The van der Waals surface area contributed by atoms with Gasteiger partial charge >= 0.3 is 6.61 Å². The maximum Gasteiger partial charge on any atom is 0.387 e. The van der Waals surface area contributed by atoms with Gasteiger partial charge in [0, 0.05) is 11.8 Å². The lowest BCUT2D eigenvalue weighted by Gasteiger charge is -2.29. The Hall–Kier alpha value is -1.50. The second kappa shape index (κ2) is 9.85. The number of alkyl halides is 2. The van der Waals surface area contributed by atoms with Crippen molar-refractivity contribution in [2.24, 2.45) is 5.92 Å². The molecule has 1 aromatic rings. The molecule has 1 aliphatic carbocycles. The van der Waals surface area contributed by atoms with E-state index in [0.29, 0.717) is 17.4 Å². The van der Waals surface area contributed by atoms with Gasteiger partial charge in [0.05, 0.1) is 12.9 Å². The summed E-state index contributed by atoms with van der Waals surface area (Å²) in [4.78, 5) is 12.1. The van der Waals surface area contributed by atoms with E-state index in [1.165, 1.54) is 44.2 Å². The fourth-order valence-electron chi connectivity index (χ4n) is 3.04. The topological polar surface area (TPSA) is 47.6 Å². The molecule has 1 amide bonds. The molecular weight excluding hydrogens is 348 g/mol. The quantitative estimate of drug-likeness (QED) is 0.741. The second-order valence-electron chi connectivity index (χ2n) is 6.29. The molecule has 0 heterocycles. The Labute approximate surface area is 151 Å². The summed E-state index contributed by atoms with van der Waals surface area (Å²) >= 11 is 1.49. The maximum atomic E-state index is 12.3. The third-order valence-corrected chi connectivity index (χ3v) is 5.41. The van der Waals surface area contributed by atoms with Gasteiger partial charge < -0.3 is 14.8 Å². The Bertz CT molecular complexity index is 571. The number of ether oxygens (including phenoxy) is 2. The van der Waals surface area contributed by atoms with Gasteiger partial charge in [0.2, 0.25) is 5.91 Å². The fraction of sp³-hybridized carbons (Fsp3) is 0.611. The largest absolute Gasteiger partial charge is 0.493 e. The standard InChI is InChI=1S/C18H25F2NO3S/c1-12-5-3-4-6-14(12)21-17(22)11-25-10-13-7-8-15(24-18(19)20)16(9-13)23-2/h7-9,12,14,18H,3-6,10-11H2,1-2H3,(H,21,22)/t12-,14-/m0/s1. The van der Waals surface area contributed by atoms with E-state index in [1.54, 1.807) is 12.1 Å². The van der Waals surface area contributed by atoms with Gasteiger partial charge in [-0.1, -0.05) is 25.8 Å². The van der Waals surface area contributed by atoms with E-state index in [9.17, 15) is 13.6 Å². The zero-order valence-corrected chi connectivity index (χ0v) is 15.4. The summed E-state index contributed by atoms with van der Waals surface area (Å²) in [5.74, 6) is 1.83. The molecule has 2 rings (SSSR count). The number of methoxy groups -OCH3 is 1. The van der Waals surface area contributed by atoms with Gasteiger partial charge in [0.15, 0.2) is 11.5 Å². The lowest BCUT2D eigenvalue weighted by molar-refractivity contribution is -0.119. The fourth-order valence-corrected chi connectivity index (χ4v) is 3.82. The van der Waals surface area contributed by atoms with E-state index < -0.39 is 6.61 Å². The lowest BCUT2D eigenvalue weighted by Crippen LogP contribution is -2.41. The third kappa shape index (κ3) is 6.38. The molecule has 1 aromatic carbocycles. The molecule has 0 aliphatic heterocycles. The molecule has 1 fully saturated rings. The van der Waals surface area contributed by atoms with Crippen LogP contribution in [-0.4, -0.2) is 31.4 Å². The molecule has 0 spiro atoms. The van der Waals surface area contributed by atoms with Gasteiger partial charge in [-0.3, -0.25) is 4.79 Å². The Morgan fingerprint density at radius 1 is 1.32 bits per heavy atom. The molecule has 140 valence electrons. The number of amides is 1. The summed E-state index contributed by atoms with van der Waals surface area (Å²) in [5.41, 5.74) is 0.891. The normalized spacial score (nSPS) is 20.4. The first-order valence-electron chi connectivity index (χ1n) is 8.48. The van der Waals surface area contributed by atoms with E-state index in [0.717, 1.165) is 12.0 Å². The summed E-state index contributed by atoms with van der Waals surface area (Å²) in [5, 5.41) is 3.12. The monoisotopic (exact) mass is 373 g/mol. The molecule has 25 heavy (non-hydrogen) atoms. The summed E-state index contributed by atoms with van der Waals surface area (Å²) in [6.07, 6.45) is 4.65. The molecule has 7 heteroatoms. The molecule has 0 aromatic heterocycles. The van der Waals surface area contributed by atoms with Crippen LogP contribution in [0.4, 0.5) is 8.78 Å². The Kier molecular flexibility index (Phi) is 7.81. The van der Waals surface area contributed by atoms with Crippen LogP contribution in [-0.2, 0) is 10.5 Å². The van der Waals surface area contributed by atoms with Crippen molar-refractivity contribution in [1.82, 2.24) is 5.32 Å². The van der Waals surface area contributed by atoms with Crippen LogP contribution >= 0.6 is 11.8 Å².